The van der Waals surface area contributed by atoms with Gasteiger partial charge in [-0.25, -0.2) is 0 Å². The Labute approximate surface area is 171 Å². The van der Waals surface area contributed by atoms with Crippen LogP contribution < -0.4 is 4.90 Å². The molecule has 1 aliphatic rings. The minimum atomic E-state index is -0.554. The third-order valence-electron chi connectivity index (χ3n) is 5.60. The standard InChI is InChI=1S/C24H27NO4/c1-5-18-6-8-20(9-7-18)25-13-19(12-23(25)27)24(28)29-14-22(26)21-11-16(3)15(2)10-17(21)4/h6-11,19H,5,12-14H2,1-4H3/t19-/m1/s1. The van der Waals surface area contributed by atoms with Gasteiger partial charge in [0.25, 0.3) is 0 Å². The second-order valence-corrected chi connectivity index (χ2v) is 7.71. The first-order chi connectivity index (χ1) is 13.8. The molecule has 0 unspecified atom stereocenters. The van der Waals surface area contributed by atoms with Crippen molar-refractivity contribution < 1.29 is 19.1 Å². The van der Waals surface area contributed by atoms with E-state index < -0.39 is 11.9 Å². The number of amides is 1. The van der Waals surface area contributed by atoms with Gasteiger partial charge >= 0.3 is 5.97 Å². The fourth-order valence-corrected chi connectivity index (χ4v) is 3.62. The molecule has 0 aromatic heterocycles. The van der Waals surface area contributed by atoms with Gasteiger partial charge in [0.1, 0.15) is 0 Å². The quantitative estimate of drug-likeness (QED) is 0.551. The monoisotopic (exact) mass is 393 g/mol. The molecule has 29 heavy (non-hydrogen) atoms. The van der Waals surface area contributed by atoms with Crippen molar-refractivity contribution in [2.24, 2.45) is 5.92 Å². The largest absolute Gasteiger partial charge is 0.457 e. The lowest BCUT2D eigenvalue weighted by Crippen LogP contribution is -2.27. The number of carbonyl (C=O) groups is 3. The number of nitrogens with zero attached hydrogens (tertiary/aromatic N) is 1. The molecule has 0 N–H and O–H groups in total. The van der Waals surface area contributed by atoms with Gasteiger partial charge in [0.15, 0.2) is 6.61 Å². The Morgan fingerprint density at radius 3 is 2.34 bits per heavy atom. The maximum atomic E-state index is 12.5. The van der Waals surface area contributed by atoms with Crippen molar-refractivity contribution in [2.75, 3.05) is 18.1 Å². The molecule has 1 aliphatic heterocycles. The molecule has 5 nitrogen and oxygen atoms in total. The molecule has 0 radical (unpaired) electrons. The van der Waals surface area contributed by atoms with Gasteiger partial charge in [-0.15, -0.1) is 0 Å². The molecule has 1 heterocycles. The van der Waals surface area contributed by atoms with E-state index in [-0.39, 0.29) is 31.3 Å². The number of hydrogen-bond acceptors (Lipinski definition) is 4. The predicted octanol–water partition coefficient (Wildman–Crippen LogP) is 3.95. The van der Waals surface area contributed by atoms with Gasteiger partial charge < -0.3 is 9.64 Å². The maximum absolute atomic E-state index is 12.5. The van der Waals surface area contributed by atoms with Crippen LogP contribution in [-0.2, 0) is 20.7 Å². The summed E-state index contributed by atoms with van der Waals surface area (Å²) in [5.41, 5.74) is 5.55. The number of Topliss-reactive ketones (excluding diaryl/α,β-unsaturated/α-hetero) is 1. The minimum absolute atomic E-state index is 0.102. The van der Waals surface area contributed by atoms with Crippen molar-refractivity contribution in [3.8, 4) is 0 Å². The number of benzene rings is 2. The number of aryl methyl sites for hydroxylation is 4. The number of ketones is 1. The zero-order chi connectivity index (χ0) is 21.1. The summed E-state index contributed by atoms with van der Waals surface area (Å²) in [5.74, 6) is -1.38. The van der Waals surface area contributed by atoms with Crippen LogP contribution >= 0.6 is 0 Å². The Kier molecular flexibility index (Phi) is 6.16. The van der Waals surface area contributed by atoms with Crippen LogP contribution in [0.3, 0.4) is 0 Å². The van der Waals surface area contributed by atoms with Gasteiger partial charge in [-0.1, -0.05) is 25.1 Å². The van der Waals surface area contributed by atoms with E-state index in [9.17, 15) is 14.4 Å². The lowest BCUT2D eigenvalue weighted by Gasteiger charge is -2.17. The molecule has 2 aromatic carbocycles. The van der Waals surface area contributed by atoms with Crippen LogP contribution in [0, 0.1) is 26.7 Å². The third-order valence-corrected chi connectivity index (χ3v) is 5.60. The van der Waals surface area contributed by atoms with Crippen molar-refractivity contribution >= 4 is 23.3 Å². The van der Waals surface area contributed by atoms with Crippen LogP contribution in [0.2, 0.25) is 0 Å². The van der Waals surface area contributed by atoms with Crippen molar-refractivity contribution in [1.82, 2.24) is 0 Å². The van der Waals surface area contributed by atoms with E-state index in [1.807, 2.05) is 57.2 Å². The van der Waals surface area contributed by atoms with E-state index >= 15 is 0 Å². The van der Waals surface area contributed by atoms with Crippen LogP contribution in [0.5, 0.6) is 0 Å². The Morgan fingerprint density at radius 1 is 1.03 bits per heavy atom. The third kappa shape index (κ3) is 4.56. The summed E-state index contributed by atoms with van der Waals surface area (Å²) in [4.78, 5) is 38.9. The van der Waals surface area contributed by atoms with E-state index in [1.165, 1.54) is 5.56 Å². The summed E-state index contributed by atoms with van der Waals surface area (Å²) in [6.07, 6.45) is 1.03. The molecule has 1 saturated heterocycles. The molecule has 5 heteroatoms. The summed E-state index contributed by atoms with van der Waals surface area (Å²) in [6, 6.07) is 11.6. The highest BCUT2D eigenvalue weighted by Gasteiger charge is 2.36. The second-order valence-electron chi connectivity index (χ2n) is 7.71. The highest BCUT2D eigenvalue weighted by molar-refractivity contribution is 6.01. The van der Waals surface area contributed by atoms with E-state index in [0.717, 1.165) is 28.8 Å². The molecule has 1 fully saturated rings. The highest BCUT2D eigenvalue weighted by Crippen LogP contribution is 2.26. The van der Waals surface area contributed by atoms with Gasteiger partial charge in [-0.05, 0) is 67.6 Å². The smallest absolute Gasteiger partial charge is 0.311 e. The average Bonchev–Trinajstić information content (AvgIpc) is 3.10. The van der Waals surface area contributed by atoms with Crippen LogP contribution in [0.1, 0.15) is 46.0 Å². The zero-order valence-corrected chi connectivity index (χ0v) is 17.5. The van der Waals surface area contributed by atoms with Gasteiger partial charge in [-0.3, -0.25) is 14.4 Å². The second kappa shape index (κ2) is 8.60. The normalized spacial score (nSPS) is 16.2. The molecule has 1 atom stereocenters. The van der Waals surface area contributed by atoms with Crippen LogP contribution in [0.15, 0.2) is 36.4 Å². The number of ether oxygens (including phenoxy) is 1. The molecular formula is C24H27NO4. The lowest BCUT2D eigenvalue weighted by atomic mass is 9.98. The summed E-state index contributed by atoms with van der Waals surface area (Å²) >= 11 is 0. The highest BCUT2D eigenvalue weighted by atomic mass is 16.5. The molecule has 3 rings (SSSR count). The Bertz CT molecular complexity index is 946. The number of rotatable bonds is 6. The summed E-state index contributed by atoms with van der Waals surface area (Å²) < 4.78 is 5.27. The summed E-state index contributed by atoms with van der Waals surface area (Å²) in [6.45, 7) is 7.86. The van der Waals surface area contributed by atoms with Crippen molar-refractivity contribution in [2.45, 2.75) is 40.5 Å². The van der Waals surface area contributed by atoms with Crippen molar-refractivity contribution in [1.29, 1.82) is 0 Å². The van der Waals surface area contributed by atoms with Gasteiger partial charge in [0.2, 0.25) is 11.7 Å². The maximum Gasteiger partial charge on any atom is 0.311 e. The van der Waals surface area contributed by atoms with E-state index in [4.69, 9.17) is 4.74 Å². The Hall–Kier alpha value is -2.95. The SMILES string of the molecule is CCc1ccc(N2C[C@H](C(=O)OCC(=O)c3cc(C)c(C)cc3C)CC2=O)cc1. The molecule has 0 aliphatic carbocycles. The number of carbonyl (C=O) groups excluding carboxylic acids is 3. The Balaban J connectivity index is 1.60. The van der Waals surface area contributed by atoms with E-state index in [2.05, 4.69) is 6.92 Å². The summed E-state index contributed by atoms with van der Waals surface area (Å²) in [7, 11) is 0. The average molecular weight is 393 g/mol. The first-order valence-corrected chi connectivity index (χ1v) is 9.97. The number of anilines is 1. The molecule has 152 valence electrons. The molecule has 0 spiro atoms. The zero-order valence-electron chi connectivity index (χ0n) is 17.5. The first-order valence-electron chi connectivity index (χ1n) is 9.97. The molecular weight excluding hydrogens is 366 g/mol. The lowest BCUT2D eigenvalue weighted by molar-refractivity contribution is -0.147. The minimum Gasteiger partial charge on any atom is -0.457 e. The number of esters is 1. The van der Waals surface area contributed by atoms with Crippen LogP contribution in [0.4, 0.5) is 5.69 Å². The molecule has 0 bridgehead atoms. The first kappa shape index (κ1) is 20.8. The van der Waals surface area contributed by atoms with Crippen molar-refractivity contribution in [3.05, 3.63) is 64.2 Å². The Morgan fingerprint density at radius 2 is 1.69 bits per heavy atom. The van der Waals surface area contributed by atoms with Gasteiger partial charge in [0.05, 0.1) is 5.92 Å². The van der Waals surface area contributed by atoms with Crippen LogP contribution in [0.25, 0.3) is 0 Å². The fraction of sp³-hybridized carbons (Fsp3) is 0.375. The van der Waals surface area contributed by atoms with Crippen LogP contribution in [-0.4, -0.2) is 30.8 Å². The molecule has 0 saturated carbocycles. The van der Waals surface area contributed by atoms with E-state index in [1.54, 1.807) is 4.90 Å². The van der Waals surface area contributed by atoms with E-state index in [0.29, 0.717) is 5.56 Å². The van der Waals surface area contributed by atoms with Gasteiger partial charge in [-0.2, -0.15) is 0 Å². The van der Waals surface area contributed by atoms with Gasteiger partial charge in [0, 0.05) is 24.2 Å². The fourth-order valence-electron chi connectivity index (χ4n) is 3.62. The molecule has 2 aromatic rings. The summed E-state index contributed by atoms with van der Waals surface area (Å²) in [5, 5.41) is 0. The topological polar surface area (TPSA) is 63.7 Å². The van der Waals surface area contributed by atoms with Crippen molar-refractivity contribution in [3.63, 3.8) is 0 Å². The number of hydrogen-bond donors (Lipinski definition) is 0. The molecule has 1 amide bonds. The predicted molar refractivity (Wildman–Crippen MR) is 112 cm³/mol.